The number of carbonyl (C=O) groups excluding carboxylic acids is 2. The summed E-state index contributed by atoms with van der Waals surface area (Å²) in [5.74, 6) is -3.57. The van der Waals surface area contributed by atoms with Gasteiger partial charge in [0.1, 0.15) is 23.4 Å². The second-order valence-corrected chi connectivity index (χ2v) is 9.09. The first-order valence-corrected chi connectivity index (χ1v) is 10.4. The van der Waals surface area contributed by atoms with Gasteiger partial charge in [0.25, 0.3) is 5.91 Å². The Kier molecular flexibility index (Phi) is 4.73. The van der Waals surface area contributed by atoms with Gasteiger partial charge >= 0.3 is 12.0 Å². The minimum Gasteiger partial charge on any atom is -0.616 e. The van der Waals surface area contributed by atoms with Crippen molar-refractivity contribution in [1.29, 1.82) is 0 Å². The fourth-order valence-corrected chi connectivity index (χ4v) is 5.92. The summed E-state index contributed by atoms with van der Waals surface area (Å²) in [7, 11) is 0. The first-order chi connectivity index (χ1) is 13.1. The van der Waals surface area contributed by atoms with E-state index in [-0.39, 0.29) is 30.8 Å². The van der Waals surface area contributed by atoms with Crippen molar-refractivity contribution in [2.24, 2.45) is 11.8 Å². The first-order valence-electron chi connectivity index (χ1n) is 8.94. The van der Waals surface area contributed by atoms with Crippen LogP contribution in [-0.4, -0.2) is 53.2 Å². The highest BCUT2D eigenvalue weighted by atomic mass is 32.2. The Morgan fingerprint density at radius 2 is 2.07 bits per heavy atom. The molecule has 4 rings (SSSR count). The van der Waals surface area contributed by atoms with Crippen LogP contribution in [0.25, 0.3) is 0 Å². The van der Waals surface area contributed by atoms with Crippen LogP contribution >= 0.6 is 0 Å². The third-order valence-corrected chi connectivity index (χ3v) is 7.02. The highest BCUT2D eigenvalue weighted by Gasteiger charge is 2.60. The number of cyclic esters (lactones) is 1. The molecule has 0 aromatic heterocycles. The molecule has 0 radical (unpaired) electrons. The van der Waals surface area contributed by atoms with Gasteiger partial charge in [0.2, 0.25) is 0 Å². The zero-order valence-corrected chi connectivity index (χ0v) is 15.8. The van der Waals surface area contributed by atoms with E-state index in [9.17, 15) is 27.3 Å². The number of nitrogens with one attached hydrogen (secondary N) is 1. The quantitative estimate of drug-likeness (QED) is 0.745. The topological polar surface area (TPSA) is 81.7 Å². The molecule has 2 saturated heterocycles. The summed E-state index contributed by atoms with van der Waals surface area (Å²) in [6.07, 6.45) is -1.53. The van der Waals surface area contributed by atoms with Crippen LogP contribution in [0.2, 0.25) is 0 Å². The number of amides is 2. The van der Waals surface area contributed by atoms with E-state index in [0.717, 1.165) is 0 Å². The first kappa shape index (κ1) is 19.4. The van der Waals surface area contributed by atoms with Gasteiger partial charge in [-0.2, -0.15) is 8.78 Å². The SMILES string of the molecule is CC(F)(F)C(=O)NC[C@H]1CN(c2ccc([C@H]3[C@@H]4C[S+]([O-])C[C@@H]43)c(F)c2)C(=O)O1. The van der Waals surface area contributed by atoms with Gasteiger partial charge in [-0.15, -0.1) is 0 Å². The lowest BCUT2D eigenvalue weighted by Crippen LogP contribution is -2.42. The summed E-state index contributed by atoms with van der Waals surface area (Å²) < 4.78 is 56.9. The van der Waals surface area contributed by atoms with E-state index in [0.29, 0.717) is 29.7 Å². The largest absolute Gasteiger partial charge is 0.616 e. The summed E-state index contributed by atoms with van der Waals surface area (Å²) in [5, 5.41) is 2.04. The molecule has 3 aliphatic rings. The van der Waals surface area contributed by atoms with Gasteiger partial charge in [0.05, 0.1) is 18.8 Å². The van der Waals surface area contributed by atoms with Gasteiger partial charge in [0.15, 0.2) is 0 Å². The van der Waals surface area contributed by atoms with Crippen molar-refractivity contribution in [2.75, 3.05) is 29.5 Å². The Bertz CT molecular complexity index is 807. The predicted molar refractivity (Wildman–Crippen MR) is 95.2 cm³/mol. The van der Waals surface area contributed by atoms with Crippen molar-refractivity contribution < 1.29 is 32.0 Å². The molecular weight excluding hydrogens is 397 g/mol. The molecule has 1 aliphatic carbocycles. The van der Waals surface area contributed by atoms with Crippen LogP contribution in [0.5, 0.6) is 0 Å². The zero-order valence-electron chi connectivity index (χ0n) is 15.0. The van der Waals surface area contributed by atoms with Crippen molar-refractivity contribution in [2.45, 2.75) is 24.9 Å². The standard InChI is InChI=1S/C18H19F3N2O4S/c1-18(20,21)16(24)22-5-10-6-23(17(25)27-10)9-2-3-11(14(19)4-9)15-12-7-28(26)8-13(12)15/h2-4,10,12-13,15H,5-8H2,1H3,(H,22,24)/t10-,12-,13+,15+,28?/m0/s1. The Morgan fingerprint density at radius 1 is 1.39 bits per heavy atom. The third kappa shape index (κ3) is 3.55. The van der Waals surface area contributed by atoms with E-state index in [1.807, 2.05) is 5.32 Å². The number of alkyl halides is 2. The maximum atomic E-state index is 14.6. The van der Waals surface area contributed by atoms with Gasteiger partial charge in [-0.3, -0.25) is 9.69 Å². The Morgan fingerprint density at radius 3 is 2.68 bits per heavy atom. The number of ether oxygens (including phenoxy) is 1. The second-order valence-electron chi connectivity index (χ2n) is 7.55. The average molecular weight is 416 g/mol. The number of benzene rings is 1. The van der Waals surface area contributed by atoms with Gasteiger partial charge in [0, 0.05) is 24.7 Å². The molecule has 1 N–H and O–H groups in total. The molecule has 0 bridgehead atoms. The second kappa shape index (κ2) is 6.84. The number of nitrogens with zero attached hydrogens (tertiary/aromatic N) is 1. The smallest absolute Gasteiger partial charge is 0.414 e. The molecule has 0 spiro atoms. The minimum absolute atomic E-state index is 0.0147. The number of fused-ring (bicyclic) bond motifs is 1. The third-order valence-electron chi connectivity index (χ3n) is 5.51. The fourth-order valence-electron chi connectivity index (χ4n) is 4.01. The van der Waals surface area contributed by atoms with Gasteiger partial charge < -0.3 is 14.6 Å². The number of carbonyl (C=O) groups is 2. The van der Waals surface area contributed by atoms with Gasteiger partial charge in [-0.05, 0) is 17.7 Å². The van der Waals surface area contributed by atoms with E-state index in [2.05, 4.69) is 0 Å². The number of hydrogen-bond acceptors (Lipinski definition) is 4. The van der Waals surface area contributed by atoms with E-state index < -0.39 is 41.0 Å². The van der Waals surface area contributed by atoms with Gasteiger partial charge in [-0.25, -0.2) is 9.18 Å². The van der Waals surface area contributed by atoms with Crippen LogP contribution in [-0.2, 0) is 20.7 Å². The fraction of sp³-hybridized carbons (Fsp3) is 0.556. The number of halogens is 3. The lowest BCUT2D eigenvalue weighted by Gasteiger charge is -2.16. The molecule has 6 nitrogen and oxygen atoms in total. The van der Waals surface area contributed by atoms with E-state index >= 15 is 0 Å². The Balaban J connectivity index is 1.39. The molecule has 1 aromatic carbocycles. The maximum absolute atomic E-state index is 14.6. The van der Waals surface area contributed by atoms with Crippen LogP contribution in [0.15, 0.2) is 18.2 Å². The Labute approximate surface area is 162 Å². The summed E-state index contributed by atoms with van der Waals surface area (Å²) >= 11 is -0.799. The normalized spacial score (nSPS) is 31.5. The summed E-state index contributed by atoms with van der Waals surface area (Å²) in [6, 6.07) is 4.51. The van der Waals surface area contributed by atoms with Crippen LogP contribution in [0, 0.1) is 17.7 Å². The molecule has 10 heteroatoms. The summed E-state index contributed by atoms with van der Waals surface area (Å²) in [4.78, 5) is 24.5. The van der Waals surface area contributed by atoms with Crippen LogP contribution in [0.3, 0.4) is 0 Å². The molecule has 2 amide bonds. The minimum atomic E-state index is -3.52. The maximum Gasteiger partial charge on any atom is 0.414 e. The van der Waals surface area contributed by atoms with Crippen molar-refractivity contribution in [1.82, 2.24) is 5.32 Å². The van der Waals surface area contributed by atoms with Crippen LogP contribution in [0.1, 0.15) is 18.4 Å². The molecule has 28 heavy (non-hydrogen) atoms. The molecule has 1 aromatic rings. The Hall–Kier alpha value is -1.94. The zero-order chi connectivity index (χ0) is 20.2. The average Bonchev–Trinajstić information content (AvgIpc) is 2.94. The highest BCUT2D eigenvalue weighted by Crippen LogP contribution is 2.59. The number of anilines is 1. The molecule has 2 aliphatic heterocycles. The van der Waals surface area contributed by atoms with Crippen molar-refractivity contribution in [3.63, 3.8) is 0 Å². The summed E-state index contributed by atoms with van der Waals surface area (Å²) in [6.45, 7) is 0.236. The molecular formula is C18H19F3N2O4S. The van der Waals surface area contributed by atoms with Crippen molar-refractivity contribution in [3.05, 3.63) is 29.6 Å². The molecule has 2 heterocycles. The van der Waals surface area contributed by atoms with Crippen LogP contribution in [0.4, 0.5) is 23.7 Å². The highest BCUT2D eigenvalue weighted by molar-refractivity contribution is 7.91. The monoisotopic (exact) mass is 416 g/mol. The van der Waals surface area contributed by atoms with E-state index in [1.54, 1.807) is 12.1 Å². The summed E-state index contributed by atoms with van der Waals surface area (Å²) in [5.41, 5.74) is 0.868. The van der Waals surface area contributed by atoms with Crippen molar-refractivity contribution in [3.8, 4) is 0 Å². The molecule has 3 fully saturated rings. The molecule has 5 atom stereocenters. The van der Waals surface area contributed by atoms with E-state index in [1.165, 1.54) is 11.0 Å². The van der Waals surface area contributed by atoms with E-state index in [4.69, 9.17) is 4.74 Å². The number of rotatable bonds is 5. The molecule has 1 unspecified atom stereocenters. The lowest BCUT2D eigenvalue weighted by molar-refractivity contribution is -0.143. The molecule has 1 saturated carbocycles. The van der Waals surface area contributed by atoms with Gasteiger partial charge in [-0.1, -0.05) is 17.2 Å². The van der Waals surface area contributed by atoms with Crippen molar-refractivity contribution >= 4 is 28.9 Å². The molecule has 152 valence electrons. The predicted octanol–water partition coefficient (Wildman–Crippen LogP) is 2.01. The lowest BCUT2D eigenvalue weighted by atomic mass is 10.1. The van der Waals surface area contributed by atoms with Crippen LogP contribution < -0.4 is 10.2 Å². The number of hydrogen-bond donors (Lipinski definition) is 1.